The van der Waals surface area contributed by atoms with Crippen molar-refractivity contribution in [2.75, 3.05) is 0 Å². The fourth-order valence-electron chi connectivity index (χ4n) is 3.52. The molecule has 0 spiro atoms. The summed E-state index contributed by atoms with van der Waals surface area (Å²) in [6.45, 7) is 4.94. The van der Waals surface area contributed by atoms with Crippen LogP contribution in [-0.4, -0.2) is 37.6 Å². The summed E-state index contributed by atoms with van der Waals surface area (Å²) in [6.07, 6.45) is -1.84. The molecular weight excluding hydrogens is 551 g/mol. The Morgan fingerprint density at radius 1 is 0.825 bits per heavy atom. The first-order valence-electron chi connectivity index (χ1n) is 12.0. The van der Waals surface area contributed by atoms with Gasteiger partial charge in [-0.3, -0.25) is 0 Å². The Morgan fingerprint density at radius 2 is 1.32 bits per heavy atom. The lowest BCUT2D eigenvalue weighted by Gasteiger charge is -2.25. The van der Waals surface area contributed by atoms with Crippen molar-refractivity contribution in [2.24, 2.45) is 0 Å². The van der Waals surface area contributed by atoms with Crippen LogP contribution in [-0.2, 0) is 30.8 Å². The molecule has 1 atom stereocenters. The number of hydrogen-bond acceptors (Lipinski definition) is 7. The first-order chi connectivity index (χ1) is 18.6. The molecule has 0 fully saturated rings. The molecule has 214 valence electrons. The van der Waals surface area contributed by atoms with Gasteiger partial charge in [-0.2, -0.15) is 21.6 Å². The Kier molecular flexibility index (Phi) is 9.46. The molecule has 0 aliphatic heterocycles. The van der Waals surface area contributed by atoms with Crippen LogP contribution >= 0.6 is 0 Å². The Labute approximate surface area is 230 Å². The molecule has 0 saturated heterocycles. The zero-order valence-electron chi connectivity index (χ0n) is 21.8. The number of carbonyl (C=O) groups is 2. The summed E-state index contributed by atoms with van der Waals surface area (Å²) in [6, 6.07) is 21.2. The van der Waals surface area contributed by atoms with E-state index in [0.29, 0.717) is 16.7 Å². The SMILES string of the molecule is CC(C)(C)OC(=O)NC(Cc1ccc(OS(=O)(=O)C(F)(F)F)cc1)C(=O)OC(c1ccccc1)c1ccccc1. The number of alkyl carbamates (subject to hydrolysis) is 1. The maximum atomic E-state index is 13.4. The highest BCUT2D eigenvalue weighted by Crippen LogP contribution is 2.28. The second-order valence-corrected chi connectivity index (χ2v) is 11.2. The number of ether oxygens (including phenoxy) is 2. The molecule has 0 bridgehead atoms. The quantitative estimate of drug-likeness (QED) is 0.197. The van der Waals surface area contributed by atoms with Crippen molar-refractivity contribution in [2.45, 2.75) is 50.4 Å². The van der Waals surface area contributed by atoms with Crippen molar-refractivity contribution < 1.29 is 44.8 Å². The van der Waals surface area contributed by atoms with E-state index in [0.717, 1.165) is 12.1 Å². The molecule has 0 radical (unpaired) electrons. The van der Waals surface area contributed by atoms with E-state index in [1.54, 1.807) is 69.3 Å². The fourth-order valence-corrected chi connectivity index (χ4v) is 3.98. The van der Waals surface area contributed by atoms with Crippen LogP contribution in [0, 0.1) is 0 Å². The third kappa shape index (κ3) is 8.73. The number of hydrogen-bond donors (Lipinski definition) is 1. The van der Waals surface area contributed by atoms with Crippen LogP contribution in [0.1, 0.15) is 43.6 Å². The van der Waals surface area contributed by atoms with Gasteiger partial charge in [0.25, 0.3) is 0 Å². The third-order valence-corrected chi connectivity index (χ3v) is 6.25. The molecule has 12 heteroatoms. The van der Waals surface area contributed by atoms with Gasteiger partial charge in [0, 0.05) is 6.42 Å². The molecule has 40 heavy (non-hydrogen) atoms. The number of nitrogens with one attached hydrogen (secondary N) is 1. The molecule has 8 nitrogen and oxygen atoms in total. The van der Waals surface area contributed by atoms with Crippen molar-refractivity contribution >= 4 is 22.2 Å². The number of amides is 1. The number of rotatable bonds is 9. The highest BCUT2D eigenvalue weighted by atomic mass is 32.2. The summed E-state index contributed by atoms with van der Waals surface area (Å²) in [5, 5.41) is 2.49. The second kappa shape index (κ2) is 12.4. The lowest BCUT2D eigenvalue weighted by Crippen LogP contribution is -2.45. The number of alkyl halides is 3. The molecule has 3 rings (SSSR count). The molecular formula is C28H28F3NO7S. The number of benzene rings is 3. The summed E-state index contributed by atoms with van der Waals surface area (Å²) in [5.74, 6) is -1.38. The third-order valence-electron chi connectivity index (χ3n) is 5.27. The van der Waals surface area contributed by atoms with Crippen LogP contribution in [0.4, 0.5) is 18.0 Å². The second-order valence-electron chi connectivity index (χ2n) is 9.67. The van der Waals surface area contributed by atoms with Crippen molar-refractivity contribution in [3.8, 4) is 5.75 Å². The molecule has 0 aliphatic rings. The molecule has 0 heterocycles. The van der Waals surface area contributed by atoms with Gasteiger partial charge in [0.05, 0.1) is 0 Å². The van der Waals surface area contributed by atoms with Gasteiger partial charge < -0.3 is 19.0 Å². The first kappa shape index (κ1) is 30.5. The minimum absolute atomic E-state index is 0.152. The van der Waals surface area contributed by atoms with Gasteiger partial charge in [-0.25, -0.2) is 9.59 Å². The maximum absolute atomic E-state index is 13.4. The minimum Gasteiger partial charge on any atom is -0.451 e. The molecule has 0 saturated carbocycles. The van der Waals surface area contributed by atoms with Crippen LogP contribution in [0.2, 0.25) is 0 Å². The van der Waals surface area contributed by atoms with Crippen molar-refractivity contribution in [3.05, 3.63) is 102 Å². The van der Waals surface area contributed by atoms with E-state index >= 15 is 0 Å². The van der Waals surface area contributed by atoms with E-state index in [-0.39, 0.29) is 6.42 Å². The zero-order chi connectivity index (χ0) is 29.6. The topological polar surface area (TPSA) is 108 Å². The number of halogens is 3. The van der Waals surface area contributed by atoms with Crippen molar-refractivity contribution in [1.82, 2.24) is 5.32 Å². The molecule has 0 aromatic heterocycles. The predicted octanol–water partition coefficient (Wildman–Crippen LogP) is 5.68. The normalized spacial score (nSPS) is 12.9. The van der Waals surface area contributed by atoms with E-state index in [1.807, 2.05) is 12.1 Å². The molecule has 1 N–H and O–H groups in total. The van der Waals surface area contributed by atoms with Gasteiger partial charge >= 0.3 is 27.7 Å². The smallest absolute Gasteiger partial charge is 0.451 e. The van der Waals surface area contributed by atoms with Gasteiger partial charge in [0.2, 0.25) is 0 Å². The van der Waals surface area contributed by atoms with Gasteiger partial charge in [0.15, 0.2) is 6.10 Å². The Bertz CT molecular complexity index is 1350. The van der Waals surface area contributed by atoms with Gasteiger partial charge in [-0.15, -0.1) is 0 Å². The largest absolute Gasteiger partial charge is 0.534 e. The van der Waals surface area contributed by atoms with E-state index in [1.165, 1.54) is 12.1 Å². The van der Waals surface area contributed by atoms with Crippen molar-refractivity contribution in [1.29, 1.82) is 0 Å². The van der Waals surface area contributed by atoms with Gasteiger partial charge in [-0.05, 0) is 49.6 Å². The summed E-state index contributed by atoms with van der Waals surface area (Å²) in [4.78, 5) is 26.0. The summed E-state index contributed by atoms with van der Waals surface area (Å²) < 4.78 is 75.7. The van der Waals surface area contributed by atoms with Crippen LogP contribution in [0.25, 0.3) is 0 Å². The monoisotopic (exact) mass is 579 g/mol. The number of esters is 1. The highest BCUT2D eigenvalue weighted by molar-refractivity contribution is 7.88. The van der Waals surface area contributed by atoms with Crippen LogP contribution in [0.3, 0.4) is 0 Å². The molecule has 1 amide bonds. The standard InChI is InChI=1S/C28H28F3NO7S/c1-27(2,3)38-26(34)32-23(18-19-14-16-22(17-15-19)39-40(35,36)28(29,30)31)25(33)37-24(20-10-6-4-7-11-20)21-12-8-5-9-13-21/h4-17,23-24H,18H2,1-3H3,(H,32,34). The Hall–Kier alpha value is -4.06. The van der Waals surface area contributed by atoms with E-state index in [9.17, 15) is 31.2 Å². The Morgan fingerprint density at radius 3 is 1.77 bits per heavy atom. The van der Waals surface area contributed by atoms with Gasteiger partial charge in [0.1, 0.15) is 17.4 Å². The maximum Gasteiger partial charge on any atom is 0.534 e. The Balaban J connectivity index is 1.86. The molecule has 3 aromatic rings. The zero-order valence-corrected chi connectivity index (χ0v) is 22.7. The lowest BCUT2D eigenvalue weighted by molar-refractivity contribution is -0.150. The van der Waals surface area contributed by atoms with Crippen LogP contribution in [0.15, 0.2) is 84.9 Å². The van der Waals surface area contributed by atoms with Crippen LogP contribution in [0.5, 0.6) is 5.75 Å². The number of carbonyl (C=O) groups excluding carboxylic acids is 2. The lowest BCUT2D eigenvalue weighted by atomic mass is 10.0. The van der Waals surface area contributed by atoms with E-state index < -0.39 is 51.2 Å². The van der Waals surface area contributed by atoms with Crippen molar-refractivity contribution in [3.63, 3.8) is 0 Å². The van der Waals surface area contributed by atoms with E-state index in [2.05, 4.69) is 9.50 Å². The fraction of sp³-hybridized carbons (Fsp3) is 0.286. The predicted molar refractivity (Wildman–Crippen MR) is 140 cm³/mol. The summed E-state index contributed by atoms with van der Waals surface area (Å²) >= 11 is 0. The molecule has 3 aromatic carbocycles. The van der Waals surface area contributed by atoms with Gasteiger partial charge in [-0.1, -0.05) is 72.8 Å². The minimum atomic E-state index is -5.85. The summed E-state index contributed by atoms with van der Waals surface area (Å²) in [5.41, 5.74) is -4.72. The first-order valence-corrected chi connectivity index (χ1v) is 13.4. The summed E-state index contributed by atoms with van der Waals surface area (Å²) in [7, 11) is -5.85. The molecule has 1 unspecified atom stereocenters. The van der Waals surface area contributed by atoms with E-state index in [4.69, 9.17) is 9.47 Å². The average Bonchev–Trinajstić information content (AvgIpc) is 2.87. The van der Waals surface area contributed by atoms with Crippen LogP contribution < -0.4 is 9.50 Å². The molecule has 0 aliphatic carbocycles. The average molecular weight is 580 g/mol. The highest BCUT2D eigenvalue weighted by Gasteiger charge is 2.48.